The Morgan fingerprint density at radius 2 is 1.84 bits per heavy atom. The number of anilines is 1. The standard InChI is InChI=1S/C26H25ClFN3O5S2/c1-17-26(10-13-37(33,34)14-11-26)21-15-18(25(32)30-16-23-22(27)3-2-12-29-23)4-9-24(21)31(17)38(35,36)20-7-5-19(28)6-8-20/h2-9,12,15,17H,10-11,13-14,16H2,1H3,(H,30,32). The number of hydrogen-bond acceptors (Lipinski definition) is 6. The van der Waals surface area contributed by atoms with Gasteiger partial charge in [-0.3, -0.25) is 14.1 Å². The van der Waals surface area contributed by atoms with Crippen molar-refractivity contribution in [2.24, 2.45) is 0 Å². The largest absolute Gasteiger partial charge is 0.346 e. The predicted octanol–water partition coefficient (Wildman–Crippen LogP) is 3.85. The van der Waals surface area contributed by atoms with Crippen LogP contribution in [0.4, 0.5) is 10.1 Å². The molecule has 1 unspecified atom stereocenters. The molecule has 2 aliphatic heterocycles. The number of sulfonamides is 1. The lowest BCUT2D eigenvalue weighted by atomic mass is 9.72. The quantitative estimate of drug-likeness (QED) is 0.493. The number of aromatic nitrogens is 1. The highest BCUT2D eigenvalue weighted by molar-refractivity contribution is 7.93. The molecular formula is C26H25ClFN3O5S2. The molecule has 3 aromatic rings. The maximum Gasteiger partial charge on any atom is 0.264 e. The second kappa shape index (κ2) is 9.62. The number of carbonyl (C=O) groups is 1. The average molecular weight is 578 g/mol. The first-order valence-electron chi connectivity index (χ1n) is 12.0. The van der Waals surface area contributed by atoms with E-state index in [1.807, 2.05) is 0 Å². The molecule has 2 aliphatic rings. The lowest BCUT2D eigenvalue weighted by Crippen LogP contribution is -2.49. The molecule has 1 spiro atoms. The summed E-state index contributed by atoms with van der Waals surface area (Å²) in [7, 11) is -7.37. The van der Waals surface area contributed by atoms with Crippen LogP contribution in [0.3, 0.4) is 0 Å². The molecule has 200 valence electrons. The van der Waals surface area contributed by atoms with Gasteiger partial charge in [0.25, 0.3) is 15.9 Å². The predicted molar refractivity (Wildman–Crippen MR) is 142 cm³/mol. The molecule has 38 heavy (non-hydrogen) atoms. The fraction of sp³-hybridized carbons (Fsp3) is 0.308. The Kier molecular flexibility index (Phi) is 6.73. The summed E-state index contributed by atoms with van der Waals surface area (Å²) < 4.78 is 67.0. The zero-order chi connectivity index (χ0) is 27.3. The number of amides is 1. The van der Waals surface area contributed by atoms with Gasteiger partial charge in [-0.1, -0.05) is 11.6 Å². The van der Waals surface area contributed by atoms with Crippen molar-refractivity contribution in [1.29, 1.82) is 0 Å². The molecular weight excluding hydrogens is 553 g/mol. The number of nitrogens with zero attached hydrogens (tertiary/aromatic N) is 2. The first kappa shape index (κ1) is 26.6. The molecule has 0 radical (unpaired) electrons. The van der Waals surface area contributed by atoms with Gasteiger partial charge >= 0.3 is 0 Å². The fourth-order valence-corrected chi connectivity index (χ4v) is 8.87. The lowest BCUT2D eigenvalue weighted by molar-refractivity contribution is 0.0950. The minimum Gasteiger partial charge on any atom is -0.346 e. The summed E-state index contributed by atoms with van der Waals surface area (Å²) in [4.78, 5) is 17.2. The van der Waals surface area contributed by atoms with Crippen LogP contribution in [0, 0.1) is 5.82 Å². The van der Waals surface area contributed by atoms with E-state index < -0.39 is 43.0 Å². The van der Waals surface area contributed by atoms with Gasteiger partial charge in [-0.2, -0.15) is 0 Å². The van der Waals surface area contributed by atoms with Gasteiger partial charge in [0, 0.05) is 17.2 Å². The normalized spacial score (nSPS) is 19.8. The molecule has 0 saturated carbocycles. The molecule has 3 heterocycles. The van der Waals surface area contributed by atoms with Crippen LogP contribution >= 0.6 is 11.6 Å². The van der Waals surface area contributed by atoms with E-state index in [1.165, 1.54) is 22.5 Å². The molecule has 1 atom stereocenters. The Bertz CT molecular complexity index is 1610. The van der Waals surface area contributed by atoms with E-state index in [1.54, 1.807) is 37.4 Å². The molecule has 8 nitrogen and oxygen atoms in total. The number of nitrogens with one attached hydrogen (secondary N) is 1. The number of rotatable bonds is 5. The van der Waals surface area contributed by atoms with E-state index in [-0.39, 0.29) is 35.8 Å². The topological polar surface area (TPSA) is 114 Å². The van der Waals surface area contributed by atoms with Crippen molar-refractivity contribution in [1.82, 2.24) is 10.3 Å². The third-order valence-corrected chi connectivity index (χ3v) is 11.4. The minimum atomic E-state index is -4.11. The van der Waals surface area contributed by atoms with Crippen molar-refractivity contribution in [3.8, 4) is 0 Å². The zero-order valence-corrected chi connectivity index (χ0v) is 22.8. The van der Waals surface area contributed by atoms with Gasteiger partial charge in [0.2, 0.25) is 0 Å². The zero-order valence-electron chi connectivity index (χ0n) is 20.4. The van der Waals surface area contributed by atoms with E-state index in [2.05, 4.69) is 10.3 Å². The molecule has 12 heteroatoms. The maximum absolute atomic E-state index is 13.8. The first-order valence-corrected chi connectivity index (χ1v) is 15.6. The average Bonchev–Trinajstić information content (AvgIpc) is 3.13. The Hall–Kier alpha value is -3.02. The molecule has 0 bridgehead atoms. The molecule has 1 N–H and O–H groups in total. The number of pyridine rings is 1. The Labute approximate surface area is 225 Å². The minimum absolute atomic E-state index is 0.0776. The molecule has 1 saturated heterocycles. The Morgan fingerprint density at radius 3 is 2.50 bits per heavy atom. The SMILES string of the molecule is CC1N(S(=O)(=O)c2ccc(F)cc2)c2ccc(C(=O)NCc3ncccc3Cl)cc2C12CCS(=O)(=O)CC2. The van der Waals surface area contributed by atoms with Crippen molar-refractivity contribution in [2.45, 2.75) is 42.7 Å². The van der Waals surface area contributed by atoms with Gasteiger partial charge in [0.05, 0.1) is 45.4 Å². The summed E-state index contributed by atoms with van der Waals surface area (Å²) in [6, 6.07) is 12.1. The van der Waals surface area contributed by atoms with Gasteiger partial charge in [-0.15, -0.1) is 0 Å². The number of hydrogen-bond donors (Lipinski definition) is 1. The summed E-state index contributed by atoms with van der Waals surface area (Å²) in [6.07, 6.45) is 2.00. The van der Waals surface area contributed by atoms with E-state index in [0.29, 0.717) is 27.5 Å². The molecule has 2 aromatic carbocycles. The summed E-state index contributed by atoms with van der Waals surface area (Å²) >= 11 is 6.14. The molecule has 1 aromatic heterocycles. The summed E-state index contributed by atoms with van der Waals surface area (Å²) in [5.41, 5.74) is 0.980. The van der Waals surface area contributed by atoms with Crippen molar-refractivity contribution < 1.29 is 26.0 Å². The summed E-state index contributed by atoms with van der Waals surface area (Å²) in [6.45, 7) is 1.85. The Morgan fingerprint density at radius 1 is 1.16 bits per heavy atom. The number of carbonyl (C=O) groups excluding carboxylic acids is 1. The summed E-state index contributed by atoms with van der Waals surface area (Å²) in [5, 5.41) is 3.20. The molecule has 1 fully saturated rings. The molecule has 0 aliphatic carbocycles. The van der Waals surface area contributed by atoms with Crippen LogP contribution in [0.2, 0.25) is 5.02 Å². The van der Waals surface area contributed by atoms with E-state index in [0.717, 1.165) is 12.1 Å². The van der Waals surface area contributed by atoms with E-state index >= 15 is 0 Å². The molecule has 5 rings (SSSR count). The van der Waals surface area contributed by atoms with Crippen molar-refractivity contribution in [3.05, 3.63) is 88.5 Å². The van der Waals surface area contributed by atoms with Crippen LogP contribution in [0.5, 0.6) is 0 Å². The monoisotopic (exact) mass is 577 g/mol. The highest BCUT2D eigenvalue weighted by Gasteiger charge is 2.54. The van der Waals surface area contributed by atoms with Crippen molar-refractivity contribution in [2.75, 3.05) is 15.8 Å². The third-order valence-electron chi connectivity index (χ3n) is 7.52. The smallest absolute Gasteiger partial charge is 0.264 e. The van der Waals surface area contributed by atoms with E-state index in [4.69, 9.17) is 11.6 Å². The second-order valence-corrected chi connectivity index (χ2v) is 14.1. The van der Waals surface area contributed by atoms with Crippen LogP contribution in [0.15, 0.2) is 65.7 Å². The van der Waals surface area contributed by atoms with Crippen LogP contribution < -0.4 is 9.62 Å². The first-order chi connectivity index (χ1) is 17.9. The third kappa shape index (κ3) is 4.56. The number of halogens is 2. The van der Waals surface area contributed by atoms with Gasteiger partial charge < -0.3 is 5.32 Å². The van der Waals surface area contributed by atoms with Gasteiger partial charge in [-0.05, 0) is 79.9 Å². The molecule has 1 amide bonds. The van der Waals surface area contributed by atoms with Gasteiger partial charge in [0.15, 0.2) is 0 Å². The highest BCUT2D eigenvalue weighted by Crippen LogP contribution is 2.53. The van der Waals surface area contributed by atoms with Crippen LogP contribution in [0.25, 0.3) is 0 Å². The van der Waals surface area contributed by atoms with Crippen LogP contribution in [-0.2, 0) is 31.8 Å². The second-order valence-electron chi connectivity index (χ2n) is 9.59. The van der Waals surface area contributed by atoms with Crippen LogP contribution in [0.1, 0.15) is 41.4 Å². The maximum atomic E-state index is 13.8. The van der Waals surface area contributed by atoms with E-state index in [9.17, 15) is 26.0 Å². The lowest BCUT2D eigenvalue weighted by Gasteiger charge is -2.39. The summed E-state index contributed by atoms with van der Waals surface area (Å²) in [5.74, 6) is -1.14. The number of benzene rings is 2. The fourth-order valence-electron chi connectivity index (χ4n) is 5.39. The van der Waals surface area contributed by atoms with Gasteiger partial charge in [-0.25, -0.2) is 21.2 Å². The number of sulfone groups is 1. The number of fused-ring (bicyclic) bond motifs is 2. The van der Waals surface area contributed by atoms with Crippen molar-refractivity contribution >= 4 is 43.1 Å². The van der Waals surface area contributed by atoms with Crippen molar-refractivity contribution in [3.63, 3.8) is 0 Å². The van der Waals surface area contributed by atoms with Crippen LogP contribution in [-0.4, -0.2) is 45.3 Å². The highest BCUT2D eigenvalue weighted by atomic mass is 35.5. The van der Waals surface area contributed by atoms with Gasteiger partial charge in [0.1, 0.15) is 15.7 Å². The Balaban J connectivity index is 1.55.